The number of hydrogen-bond donors (Lipinski definition) is 2. The molecule has 0 aromatic carbocycles. The highest BCUT2D eigenvalue weighted by Crippen LogP contribution is 2.15. The van der Waals surface area contributed by atoms with E-state index in [0.717, 1.165) is 31.6 Å². The van der Waals surface area contributed by atoms with E-state index in [0.29, 0.717) is 6.61 Å². The fourth-order valence-corrected chi connectivity index (χ4v) is 2.30. The Balaban J connectivity index is 0.00000324. The molecular weight excluding hydrogens is 355 g/mol. The standard InChI is InChI=1S/C13H28N4O.HI/c1-12-6-4-5-9-17(12)10-7-15-13(14-2)16-8-11-18-3;/h12H,4-11H2,1-3H3,(H2,14,15,16);1H. The molecule has 1 atom stereocenters. The predicted octanol–water partition coefficient (Wildman–Crippen LogP) is 1.29. The lowest BCUT2D eigenvalue weighted by Gasteiger charge is -2.33. The zero-order valence-electron chi connectivity index (χ0n) is 12.4. The second-order valence-corrected chi connectivity index (χ2v) is 4.80. The maximum absolute atomic E-state index is 5.00. The molecule has 0 saturated carbocycles. The van der Waals surface area contributed by atoms with Crippen molar-refractivity contribution in [2.45, 2.75) is 32.2 Å². The number of ether oxygens (including phenoxy) is 1. The van der Waals surface area contributed by atoms with Gasteiger partial charge in [-0.1, -0.05) is 6.42 Å². The summed E-state index contributed by atoms with van der Waals surface area (Å²) in [5.74, 6) is 0.858. The largest absolute Gasteiger partial charge is 0.383 e. The van der Waals surface area contributed by atoms with Gasteiger partial charge in [-0.2, -0.15) is 0 Å². The van der Waals surface area contributed by atoms with Crippen LogP contribution in [0.5, 0.6) is 0 Å². The number of nitrogens with one attached hydrogen (secondary N) is 2. The molecule has 6 heteroatoms. The first-order chi connectivity index (χ1) is 8.77. The lowest BCUT2D eigenvalue weighted by Crippen LogP contribution is -2.45. The SMILES string of the molecule is CN=C(NCCOC)NCCN1CCCCC1C.I. The van der Waals surface area contributed by atoms with Crippen LogP contribution in [0.15, 0.2) is 4.99 Å². The summed E-state index contributed by atoms with van der Waals surface area (Å²) in [6.45, 7) is 7.08. The van der Waals surface area contributed by atoms with Crippen molar-refractivity contribution < 1.29 is 4.74 Å². The van der Waals surface area contributed by atoms with Gasteiger partial charge in [0.05, 0.1) is 6.61 Å². The molecule has 0 aromatic rings. The van der Waals surface area contributed by atoms with Crippen LogP contribution in [-0.4, -0.2) is 63.8 Å². The number of piperidine rings is 1. The number of halogens is 1. The molecule has 0 aliphatic carbocycles. The first-order valence-corrected chi connectivity index (χ1v) is 6.95. The van der Waals surface area contributed by atoms with Gasteiger partial charge in [0, 0.05) is 39.8 Å². The Labute approximate surface area is 134 Å². The number of aliphatic imine (C=N–C) groups is 1. The van der Waals surface area contributed by atoms with Crippen LogP contribution in [0, 0.1) is 0 Å². The molecule has 2 N–H and O–H groups in total. The zero-order valence-corrected chi connectivity index (χ0v) is 14.8. The lowest BCUT2D eigenvalue weighted by atomic mass is 10.0. The molecule has 5 nitrogen and oxygen atoms in total. The maximum Gasteiger partial charge on any atom is 0.191 e. The molecule has 1 aliphatic rings. The second-order valence-electron chi connectivity index (χ2n) is 4.80. The number of guanidine groups is 1. The van der Waals surface area contributed by atoms with Crippen molar-refractivity contribution in [2.75, 3.05) is 46.9 Å². The summed E-state index contributed by atoms with van der Waals surface area (Å²) < 4.78 is 5.00. The van der Waals surface area contributed by atoms with Crippen LogP contribution in [0.2, 0.25) is 0 Å². The third kappa shape index (κ3) is 7.94. The van der Waals surface area contributed by atoms with Gasteiger partial charge in [0.1, 0.15) is 0 Å². The molecule has 0 spiro atoms. The summed E-state index contributed by atoms with van der Waals surface area (Å²) in [4.78, 5) is 6.74. The normalized spacial score (nSPS) is 20.8. The van der Waals surface area contributed by atoms with Crippen molar-refractivity contribution in [3.8, 4) is 0 Å². The van der Waals surface area contributed by atoms with Gasteiger partial charge in [0.15, 0.2) is 5.96 Å². The van der Waals surface area contributed by atoms with E-state index in [1.807, 2.05) is 0 Å². The van der Waals surface area contributed by atoms with Gasteiger partial charge in [0.2, 0.25) is 0 Å². The van der Waals surface area contributed by atoms with Crippen LogP contribution in [0.4, 0.5) is 0 Å². The fraction of sp³-hybridized carbons (Fsp3) is 0.923. The molecule has 1 rings (SSSR count). The van der Waals surface area contributed by atoms with E-state index in [-0.39, 0.29) is 24.0 Å². The van der Waals surface area contributed by atoms with Crippen LogP contribution in [0.1, 0.15) is 26.2 Å². The minimum atomic E-state index is 0. The minimum absolute atomic E-state index is 0. The van der Waals surface area contributed by atoms with Crippen molar-refractivity contribution >= 4 is 29.9 Å². The highest BCUT2D eigenvalue weighted by atomic mass is 127. The lowest BCUT2D eigenvalue weighted by molar-refractivity contribution is 0.163. The van der Waals surface area contributed by atoms with Gasteiger partial charge < -0.3 is 15.4 Å². The van der Waals surface area contributed by atoms with E-state index < -0.39 is 0 Å². The zero-order chi connectivity index (χ0) is 13.2. The van der Waals surface area contributed by atoms with Gasteiger partial charge in [-0.05, 0) is 26.3 Å². The topological polar surface area (TPSA) is 48.9 Å². The summed E-state index contributed by atoms with van der Waals surface area (Å²) in [5.41, 5.74) is 0. The van der Waals surface area contributed by atoms with Crippen LogP contribution >= 0.6 is 24.0 Å². The molecule has 0 bridgehead atoms. The third-order valence-corrected chi connectivity index (χ3v) is 3.45. The molecule has 0 radical (unpaired) electrons. The molecule has 1 saturated heterocycles. The van der Waals surface area contributed by atoms with Gasteiger partial charge in [0.25, 0.3) is 0 Å². The number of rotatable bonds is 6. The molecule has 1 aliphatic heterocycles. The van der Waals surface area contributed by atoms with Crippen LogP contribution in [0.3, 0.4) is 0 Å². The van der Waals surface area contributed by atoms with E-state index in [1.54, 1.807) is 14.2 Å². The minimum Gasteiger partial charge on any atom is -0.383 e. The summed E-state index contributed by atoms with van der Waals surface area (Å²) in [5, 5.41) is 6.55. The van der Waals surface area contributed by atoms with Gasteiger partial charge in [-0.3, -0.25) is 9.89 Å². The van der Waals surface area contributed by atoms with Crippen molar-refractivity contribution in [1.29, 1.82) is 0 Å². The number of methoxy groups -OCH3 is 1. The predicted molar refractivity (Wildman–Crippen MR) is 91.5 cm³/mol. The average Bonchev–Trinajstić information content (AvgIpc) is 2.39. The molecule has 0 amide bonds. The second kappa shape index (κ2) is 11.7. The van der Waals surface area contributed by atoms with Crippen LogP contribution in [-0.2, 0) is 4.74 Å². The third-order valence-electron chi connectivity index (χ3n) is 3.45. The van der Waals surface area contributed by atoms with Crippen molar-refractivity contribution in [3.05, 3.63) is 0 Å². The Morgan fingerprint density at radius 1 is 1.32 bits per heavy atom. The fourth-order valence-electron chi connectivity index (χ4n) is 2.30. The van der Waals surface area contributed by atoms with Crippen molar-refractivity contribution in [1.82, 2.24) is 15.5 Å². The molecule has 1 fully saturated rings. The van der Waals surface area contributed by atoms with Crippen LogP contribution in [0.25, 0.3) is 0 Å². The van der Waals surface area contributed by atoms with E-state index in [4.69, 9.17) is 4.74 Å². The first-order valence-electron chi connectivity index (χ1n) is 6.95. The average molecular weight is 384 g/mol. The monoisotopic (exact) mass is 384 g/mol. The number of hydrogen-bond acceptors (Lipinski definition) is 3. The summed E-state index contributed by atoms with van der Waals surface area (Å²) in [6.07, 6.45) is 4.05. The first kappa shape index (κ1) is 18.9. The Hall–Kier alpha value is -0.0800. The molecule has 1 heterocycles. The van der Waals surface area contributed by atoms with Gasteiger partial charge in [-0.25, -0.2) is 0 Å². The molecule has 114 valence electrons. The van der Waals surface area contributed by atoms with Crippen molar-refractivity contribution in [3.63, 3.8) is 0 Å². The van der Waals surface area contributed by atoms with E-state index in [9.17, 15) is 0 Å². The molecular formula is C13H29IN4O. The maximum atomic E-state index is 5.00. The van der Waals surface area contributed by atoms with E-state index in [1.165, 1.54) is 25.8 Å². The Morgan fingerprint density at radius 2 is 2.05 bits per heavy atom. The Morgan fingerprint density at radius 3 is 2.68 bits per heavy atom. The highest BCUT2D eigenvalue weighted by molar-refractivity contribution is 14.0. The number of likely N-dealkylation sites (tertiary alicyclic amines) is 1. The molecule has 0 aromatic heterocycles. The van der Waals surface area contributed by atoms with Crippen LogP contribution < -0.4 is 10.6 Å². The highest BCUT2D eigenvalue weighted by Gasteiger charge is 2.17. The summed E-state index contributed by atoms with van der Waals surface area (Å²) in [6, 6.07) is 0.726. The van der Waals surface area contributed by atoms with E-state index in [2.05, 4.69) is 27.4 Å². The number of nitrogens with zero attached hydrogens (tertiary/aromatic N) is 2. The van der Waals surface area contributed by atoms with Gasteiger partial charge in [-0.15, -0.1) is 24.0 Å². The Kier molecular flexibility index (Phi) is 11.7. The summed E-state index contributed by atoms with van der Waals surface area (Å²) >= 11 is 0. The smallest absolute Gasteiger partial charge is 0.191 e. The Bertz CT molecular complexity index is 251. The quantitative estimate of drug-likeness (QED) is 0.314. The van der Waals surface area contributed by atoms with Crippen molar-refractivity contribution in [2.24, 2.45) is 4.99 Å². The summed E-state index contributed by atoms with van der Waals surface area (Å²) in [7, 11) is 3.50. The molecule has 1 unspecified atom stereocenters. The molecule has 19 heavy (non-hydrogen) atoms. The van der Waals surface area contributed by atoms with E-state index >= 15 is 0 Å². The van der Waals surface area contributed by atoms with Gasteiger partial charge >= 0.3 is 0 Å².